The molecule has 0 aliphatic carbocycles. The molecule has 0 aromatic carbocycles. The summed E-state index contributed by atoms with van der Waals surface area (Å²) in [5.41, 5.74) is -1.02. The highest BCUT2D eigenvalue weighted by Gasteiger charge is 2.33. The Morgan fingerprint density at radius 3 is 2.44 bits per heavy atom. The van der Waals surface area contributed by atoms with Crippen molar-refractivity contribution in [2.45, 2.75) is 64.6 Å². The number of ether oxygens (including phenoxy) is 1. The van der Waals surface area contributed by atoms with Crippen LogP contribution in [0, 0.1) is 6.92 Å². The molecule has 1 aromatic heterocycles. The van der Waals surface area contributed by atoms with Gasteiger partial charge in [0.25, 0.3) is 0 Å². The predicted octanol–water partition coefficient (Wildman–Crippen LogP) is 2.31. The molecule has 1 saturated heterocycles. The van der Waals surface area contributed by atoms with Crippen LogP contribution in [0.2, 0.25) is 0 Å². The Kier molecular flexibility index (Phi) is 5.46. The average molecular weight is 349 g/mol. The maximum absolute atomic E-state index is 12.2. The first-order valence-corrected chi connectivity index (χ1v) is 8.54. The zero-order valence-electron chi connectivity index (χ0n) is 15.6. The second kappa shape index (κ2) is 7.07. The lowest BCUT2D eigenvalue weighted by molar-refractivity contribution is -0.123. The Hall–Kier alpha value is -2.02. The van der Waals surface area contributed by atoms with Gasteiger partial charge in [-0.3, -0.25) is 4.79 Å². The van der Waals surface area contributed by atoms with Crippen molar-refractivity contribution < 1.29 is 19.4 Å². The average Bonchev–Trinajstić information content (AvgIpc) is 2.53. The van der Waals surface area contributed by atoms with Crippen molar-refractivity contribution in [2.75, 3.05) is 13.1 Å². The smallest absolute Gasteiger partial charge is 0.410 e. The topological polar surface area (TPSA) is 92.6 Å². The fourth-order valence-electron chi connectivity index (χ4n) is 2.91. The van der Waals surface area contributed by atoms with Crippen molar-refractivity contribution in [3.8, 4) is 0 Å². The van der Waals surface area contributed by atoms with E-state index in [0.29, 0.717) is 49.3 Å². The minimum Gasteiger partial charge on any atom is -0.444 e. The standard InChI is InChI=1S/C18H27N3O4/c1-12-19-10-14(18(5,24)11-22)15(20-12)13-6-8-21(9-7-13)16(23)25-17(2,3)4/h10-11,13,24H,6-9H2,1-5H3. The van der Waals surface area contributed by atoms with Gasteiger partial charge in [0, 0.05) is 30.8 Å². The van der Waals surface area contributed by atoms with Crippen LogP contribution >= 0.6 is 0 Å². The zero-order chi connectivity index (χ0) is 18.8. The molecule has 1 aromatic rings. The number of carbonyl (C=O) groups is 2. The number of hydrogen-bond donors (Lipinski definition) is 1. The van der Waals surface area contributed by atoms with Gasteiger partial charge in [-0.05, 0) is 47.5 Å². The Labute approximate surface area is 148 Å². The number of hydrogen-bond acceptors (Lipinski definition) is 6. The number of rotatable bonds is 3. The molecule has 7 heteroatoms. The third-order valence-corrected chi connectivity index (χ3v) is 4.25. The van der Waals surface area contributed by atoms with Gasteiger partial charge in [0.2, 0.25) is 0 Å². The summed E-state index contributed by atoms with van der Waals surface area (Å²) in [5.74, 6) is 0.650. The molecule has 1 amide bonds. The maximum atomic E-state index is 12.2. The monoisotopic (exact) mass is 349 g/mol. The lowest BCUT2D eigenvalue weighted by atomic mass is 9.86. The molecular formula is C18H27N3O4. The molecule has 2 heterocycles. The Morgan fingerprint density at radius 1 is 1.32 bits per heavy atom. The minimum atomic E-state index is -1.62. The maximum Gasteiger partial charge on any atom is 0.410 e. The summed E-state index contributed by atoms with van der Waals surface area (Å²) in [4.78, 5) is 33.7. The van der Waals surface area contributed by atoms with Crippen LogP contribution in [0.4, 0.5) is 4.79 Å². The molecule has 0 spiro atoms. The van der Waals surface area contributed by atoms with Crippen molar-refractivity contribution in [2.24, 2.45) is 0 Å². The summed E-state index contributed by atoms with van der Waals surface area (Å²) < 4.78 is 5.41. The summed E-state index contributed by atoms with van der Waals surface area (Å²) in [5, 5.41) is 10.3. The Balaban J connectivity index is 2.14. The van der Waals surface area contributed by atoms with Gasteiger partial charge in [-0.1, -0.05) is 0 Å². The van der Waals surface area contributed by atoms with E-state index >= 15 is 0 Å². The SMILES string of the molecule is Cc1ncc(C(C)(O)C=O)c(C2CCN(C(=O)OC(C)(C)C)CC2)n1. The van der Waals surface area contributed by atoms with E-state index < -0.39 is 11.2 Å². The van der Waals surface area contributed by atoms with Crippen LogP contribution < -0.4 is 0 Å². The highest BCUT2D eigenvalue weighted by molar-refractivity contribution is 5.68. The van der Waals surface area contributed by atoms with Crippen LogP contribution in [0.25, 0.3) is 0 Å². The third-order valence-electron chi connectivity index (χ3n) is 4.25. The van der Waals surface area contributed by atoms with Gasteiger partial charge in [-0.2, -0.15) is 0 Å². The summed E-state index contributed by atoms with van der Waals surface area (Å²) in [6, 6.07) is 0. The van der Waals surface area contributed by atoms with E-state index in [1.807, 2.05) is 20.8 Å². The summed E-state index contributed by atoms with van der Waals surface area (Å²) in [6.07, 6.45) is 3.09. The summed E-state index contributed by atoms with van der Waals surface area (Å²) in [7, 11) is 0. The van der Waals surface area contributed by atoms with Crippen molar-refractivity contribution >= 4 is 12.4 Å². The number of piperidine rings is 1. The van der Waals surface area contributed by atoms with Gasteiger partial charge in [0.15, 0.2) is 6.29 Å². The second-order valence-electron chi connectivity index (χ2n) is 7.72. The normalized spacial score (nSPS) is 18.6. The van der Waals surface area contributed by atoms with Crippen LogP contribution in [0.15, 0.2) is 6.20 Å². The van der Waals surface area contributed by atoms with Crippen LogP contribution in [-0.4, -0.2) is 51.0 Å². The molecule has 1 N–H and O–H groups in total. The zero-order valence-corrected chi connectivity index (χ0v) is 15.6. The molecule has 7 nitrogen and oxygen atoms in total. The van der Waals surface area contributed by atoms with Gasteiger partial charge in [0.1, 0.15) is 17.0 Å². The molecule has 0 bridgehead atoms. The third kappa shape index (κ3) is 4.75. The van der Waals surface area contributed by atoms with Crippen molar-refractivity contribution in [1.29, 1.82) is 0 Å². The van der Waals surface area contributed by atoms with E-state index in [0.717, 1.165) is 0 Å². The first-order chi connectivity index (χ1) is 11.5. The van der Waals surface area contributed by atoms with E-state index in [-0.39, 0.29) is 12.0 Å². The Bertz CT molecular complexity index is 644. The van der Waals surface area contributed by atoms with E-state index in [2.05, 4.69) is 9.97 Å². The van der Waals surface area contributed by atoms with Crippen molar-refractivity contribution in [3.05, 3.63) is 23.3 Å². The molecule has 1 unspecified atom stereocenters. The number of carbonyl (C=O) groups excluding carboxylic acids is 2. The molecule has 1 fully saturated rings. The van der Waals surface area contributed by atoms with Crippen LogP contribution in [0.1, 0.15) is 63.5 Å². The van der Waals surface area contributed by atoms with Crippen molar-refractivity contribution in [1.82, 2.24) is 14.9 Å². The largest absolute Gasteiger partial charge is 0.444 e. The highest BCUT2D eigenvalue weighted by Crippen LogP contribution is 2.33. The van der Waals surface area contributed by atoms with E-state index in [9.17, 15) is 14.7 Å². The quantitative estimate of drug-likeness (QED) is 0.842. The van der Waals surface area contributed by atoms with Crippen LogP contribution in [0.3, 0.4) is 0 Å². The number of amides is 1. The van der Waals surface area contributed by atoms with E-state index in [1.54, 1.807) is 11.8 Å². The minimum absolute atomic E-state index is 0.0572. The number of aliphatic hydroxyl groups is 1. The number of nitrogens with zero attached hydrogens (tertiary/aromatic N) is 3. The van der Waals surface area contributed by atoms with E-state index in [4.69, 9.17) is 4.74 Å². The first kappa shape index (κ1) is 19.3. The fraction of sp³-hybridized carbons (Fsp3) is 0.667. The van der Waals surface area contributed by atoms with Gasteiger partial charge >= 0.3 is 6.09 Å². The molecule has 25 heavy (non-hydrogen) atoms. The number of likely N-dealkylation sites (tertiary alicyclic amines) is 1. The molecule has 1 aliphatic heterocycles. The first-order valence-electron chi connectivity index (χ1n) is 8.54. The van der Waals surface area contributed by atoms with Crippen LogP contribution in [0.5, 0.6) is 0 Å². The van der Waals surface area contributed by atoms with Gasteiger partial charge in [-0.25, -0.2) is 14.8 Å². The number of aromatic nitrogens is 2. The molecule has 1 aliphatic rings. The fourth-order valence-corrected chi connectivity index (χ4v) is 2.91. The molecule has 1 atom stereocenters. The molecule has 2 rings (SSSR count). The summed E-state index contributed by atoms with van der Waals surface area (Å²) in [6.45, 7) is 9.84. The lowest BCUT2D eigenvalue weighted by Crippen LogP contribution is -2.41. The second-order valence-corrected chi connectivity index (χ2v) is 7.72. The van der Waals surface area contributed by atoms with Gasteiger partial charge < -0.3 is 14.7 Å². The summed E-state index contributed by atoms with van der Waals surface area (Å²) >= 11 is 0. The number of aldehydes is 1. The number of aryl methyl sites for hydroxylation is 1. The predicted molar refractivity (Wildman–Crippen MR) is 92.2 cm³/mol. The van der Waals surface area contributed by atoms with Gasteiger partial charge in [0.05, 0.1) is 5.69 Å². The van der Waals surface area contributed by atoms with Crippen LogP contribution in [-0.2, 0) is 15.1 Å². The highest BCUT2D eigenvalue weighted by atomic mass is 16.6. The van der Waals surface area contributed by atoms with Crippen molar-refractivity contribution in [3.63, 3.8) is 0 Å². The van der Waals surface area contributed by atoms with Gasteiger partial charge in [-0.15, -0.1) is 0 Å². The lowest BCUT2D eigenvalue weighted by Gasteiger charge is -2.34. The molecule has 138 valence electrons. The molecule has 0 saturated carbocycles. The van der Waals surface area contributed by atoms with E-state index in [1.165, 1.54) is 13.1 Å². The molecule has 0 radical (unpaired) electrons. The Morgan fingerprint density at radius 2 is 1.92 bits per heavy atom. The molecular weight excluding hydrogens is 322 g/mol.